The van der Waals surface area contributed by atoms with Gasteiger partial charge in [0.05, 0.1) is 13.7 Å². The van der Waals surface area contributed by atoms with Crippen LogP contribution in [0.3, 0.4) is 0 Å². The van der Waals surface area contributed by atoms with Crippen LogP contribution in [0.25, 0.3) is 0 Å². The molecular formula is C11H16N4O3. The van der Waals surface area contributed by atoms with Crippen LogP contribution < -0.4 is 15.8 Å². The number of amides is 2. The van der Waals surface area contributed by atoms with Gasteiger partial charge in [0.15, 0.2) is 5.84 Å². The van der Waals surface area contributed by atoms with Gasteiger partial charge >= 0.3 is 6.03 Å². The van der Waals surface area contributed by atoms with E-state index in [9.17, 15) is 4.79 Å². The standard InChI is InChI=1S/C11H16N4O3/c1-15(7-10(12)14-17)11(16)13-8-3-5-9(18-2)6-4-8/h3-6,17H,7H2,1-2H3,(H2,12,14)(H,13,16). The average molecular weight is 252 g/mol. The van der Waals surface area contributed by atoms with Gasteiger partial charge in [0.1, 0.15) is 5.75 Å². The van der Waals surface area contributed by atoms with E-state index in [1.165, 1.54) is 11.9 Å². The fourth-order valence-corrected chi connectivity index (χ4v) is 1.24. The monoisotopic (exact) mass is 252 g/mol. The summed E-state index contributed by atoms with van der Waals surface area (Å²) in [6.07, 6.45) is 0. The van der Waals surface area contributed by atoms with Crippen LogP contribution in [0.4, 0.5) is 10.5 Å². The molecule has 0 spiro atoms. The number of amidine groups is 1. The third kappa shape index (κ3) is 3.85. The van der Waals surface area contributed by atoms with Crippen molar-refractivity contribution in [1.82, 2.24) is 4.90 Å². The van der Waals surface area contributed by atoms with E-state index in [-0.39, 0.29) is 18.4 Å². The number of ether oxygens (including phenoxy) is 1. The molecule has 7 heteroatoms. The molecule has 0 fully saturated rings. The Kier molecular flexibility index (Phi) is 4.79. The zero-order chi connectivity index (χ0) is 13.5. The molecule has 0 aliphatic heterocycles. The lowest BCUT2D eigenvalue weighted by molar-refractivity contribution is 0.227. The van der Waals surface area contributed by atoms with Crippen molar-refractivity contribution in [2.24, 2.45) is 10.9 Å². The first kappa shape index (κ1) is 13.6. The lowest BCUT2D eigenvalue weighted by Crippen LogP contribution is -2.38. The molecule has 4 N–H and O–H groups in total. The fraction of sp³-hybridized carbons (Fsp3) is 0.273. The Morgan fingerprint density at radius 1 is 1.50 bits per heavy atom. The van der Waals surface area contributed by atoms with Crippen LogP contribution in [0.5, 0.6) is 5.75 Å². The van der Waals surface area contributed by atoms with Crippen molar-refractivity contribution in [2.45, 2.75) is 0 Å². The van der Waals surface area contributed by atoms with Crippen molar-refractivity contribution in [3.63, 3.8) is 0 Å². The number of methoxy groups -OCH3 is 1. The van der Waals surface area contributed by atoms with Gasteiger partial charge in [-0.1, -0.05) is 5.16 Å². The zero-order valence-corrected chi connectivity index (χ0v) is 10.3. The Morgan fingerprint density at radius 2 is 2.11 bits per heavy atom. The number of anilines is 1. The minimum atomic E-state index is -0.355. The summed E-state index contributed by atoms with van der Waals surface area (Å²) in [6.45, 7) is 0.0402. The number of urea groups is 1. The number of benzene rings is 1. The quantitative estimate of drug-likeness (QED) is 0.321. The Bertz CT molecular complexity index is 430. The summed E-state index contributed by atoms with van der Waals surface area (Å²) in [7, 11) is 3.11. The third-order valence-electron chi connectivity index (χ3n) is 2.22. The zero-order valence-electron chi connectivity index (χ0n) is 10.3. The minimum Gasteiger partial charge on any atom is -0.497 e. The summed E-state index contributed by atoms with van der Waals surface area (Å²) in [5.41, 5.74) is 5.94. The maximum atomic E-state index is 11.7. The van der Waals surface area contributed by atoms with Crippen molar-refractivity contribution < 1.29 is 14.7 Å². The average Bonchev–Trinajstić information content (AvgIpc) is 2.39. The number of nitrogens with two attached hydrogens (primary N) is 1. The van der Waals surface area contributed by atoms with Crippen molar-refractivity contribution in [2.75, 3.05) is 26.0 Å². The Hall–Kier alpha value is -2.44. The van der Waals surface area contributed by atoms with Gasteiger partial charge < -0.3 is 25.9 Å². The molecule has 98 valence electrons. The molecule has 0 aromatic heterocycles. The molecule has 0 aliphatic carbocycles. The summed E-state index contributed by atoms with van der Waals surface area (Å²) in [5, 5.41) is 13.9. The third-order valence-corrected chi connectivity index (χ3v) is 2.22. The molecule has 0 aliphatic rings. The molecule has 7 nitrogen and oxygen atoms in total. The van der Waals surface area contributed by atoms with Gasteiger partial charge in [-0.15, -0.1) is 0 Å². The summed E-state index contributed by atoms with van der Waals surface area (Å²) in [6, 6.07) is 6.55. The number of oxime groups is 1. The molecular weight excluding hydrogens is 236 g/mol. The van der Waals surface area contributed by atoms with Crippen LogP contribution in [0.1, 0.15) is 0 Å². The number of carbonyl (C=O) groups excluding carboxylic acids is 1. The molecule has 0 saturated carbocycles. The summed E-state index contributed by atoms with van der Waals surface area (Å²) in [5.74, 6) is 0.667. The predicted octanol–water partition coefficient (Wildman–Crippen LogP) is 0.905. The van der Waals surface area contributed by atoms with E-state index in [1.54, 1.807) is 31.4 Å². The maximum Gasteiger partial charge on any atom is 0.321 e. The number of likely N-dealkylation sites (N-methyl/N-ethyl adjacent to an activating group) is 1. The first-order valence-corrected chi connectivity index (χ1v) is 5.19. The van der Waals surface area contributed by atoms with Crippen LogP contribution in [-0.4, -0.2) is 42.7 Å². The van der Waals surface area contributed by atoms with Gasteiger partial charge in [0.25, 0.3) is 0 Å². The SMILES string of the molecule is COc1ccc(NC(=O)N(C)C/C(N)=N/O)cc1. The summed E-state index contributed by atoms with van der Waals surface area (Å²) in [4.78, 5) is 13.0. The molecule has 0 saturated heterocycles. The number of rotatable bonds is 4. The van der Waals surface area contributed by atoms with E-state index in [4.69, 9.17) is 15.7 Å². The number of nitrogens with zero attached hydrogens (tertiary/aromatic N) is 2. The lowest BCUT2D eigenvalue weighted by Gasteiger charge is -2.17. The van der Waals surface area contributed by atoms with Gasteiger partial charge in [0.2, 0.25) is 0 Å². The Labute approximate surface area is 105 Å². The highest BCUT2D eigenvalue weighted by atomic mass is 16.5. The van der Waals surface area contributed by atoms with Crippen LogP contribution in [0.15, 0.2) is 29.4 Å². The second-order valence-corrected chi connectivity index (χ2v) is 3.61. The maximum absolute atomic E-state index is 11.7. The predicted molar refractivity (Wildman–Crippen MR) is 68.1 cm³/mol. The number of carbonyl (C=O) groups is 1. The smallest absolute Gasteiger partial charge is 0.321 e. The molecule has 0 unspecified atom stereocenters. The second kappa shape index (κ2) is 6.33. The molecule has 0 radical (unpaired) electrons. The minimum absolute atomic E-state index is 0.0395. The van der Waals surface area contributed by atoms with Crippen molar-refractivity contribution >= 4 is 17.6 Å². The van der Waals surface area contributed by atoms with E-state index in [1.807, 2.05) is 0 Å². The van der Waals surface area contributed by atoms with Crippen LogP contribution in [-0.2, 0) is 0 Å². The van der Waals surface area contributed by atoms with E-state index >= 15 is 0 Å². The van der Waals surface area contributed by atoms with Gasteiger partial charge in [0, 0.05) is 12.7 Å². The fourth-order valence-electron chi connectivity index (χ4n) is 1.24. The van der Waals surface area contributed by atoms with E-state index in [0.717, 1.165) is 0 Å². The summed E-state index contributed by atoms with van der Waals surface area (Å²) >= 11 is 0. The highest BCUT2D eigenvalue weighted by Gasteiger charge is 2.10. The molecule has 18 heavy (non-hydrogen) atoms. The van der Waals surface area contributed by atoms with E-state index in [0.29, 0.717) is 11.4 Å². The molecule has 2 amide bonds. The van der Waals surface area contributed by atoms with Crippen LogP contribution in [0.2, 0.25) is 0 Å². The largest absolute Gasteiger partial charge is 0.497 e. The van der Waals surface area contributed by atoms with Crippen LogP contribution in [0, 0.1) is 0 Å². The highest BCUT2D eigenvalue weighted by Crippen LogP contribution is 2.15. The molecule has 1 rings (SSSR count). The first-order chi connectivity index (χ1) is 8.56. The number of hydrogen-bond donors (Lipinski definition) is 3. The Morgan fingerprint density at radius 3 is 2.61 bits per heavy atom. The molecule has 1 aromatic rings. The topological polar surface area (TPSA) is 100 Å². The van der Waals surface area contributed by atoms with E-state index < -0.39 is 0 Å². The van der Waals surface area contributed by atoms with Gasteiger partial charge in [-0.25, -0.2) is 4.79 Å². The number of nitrogens with one attached hydrogen (secondary N) is 1. The lowest BCUT2D eigenvalue weighted by atomic mass is 10.3. The Balaban J connectivity index is 2.58. The molecule has 0 heterocycles. The molecule has 0 bridgehead atoms. The van der Waals surface area contributed by atoms with E-state index in [2.05, 4.69) is 10.5 Å². The van der Waals surface area contributed by atoms with Gasteiger partial charge in [-0.3, -0.25) is 0 Å². The highest BCUT2D eigenvalue weighted by molar-refractivity contribution is 5.92. The first-order valence-electron chi connectivity index (χ1n) is 5.19. The van der Waals surface area contributed by atoms with Gasteiger partial charge in [-0.2, -0.15) is 0 Å². The van der Waals surface area contributed by atoms with Gasteiger partial charge in [-0.05, 0) is 24.3 Å². The number of hydrogen-bond acceptors (Lipinski definition) is 4. The van der Waals surface area contributed by atoms with Crippen molar-refractivity contribution in [3.8, 4) is 5.75 Å². The molecule has 0 atom stereocenters. The normalized spacial score (nSPS) is 10.9. The van der Waals surface area contributed by atoms with Crippen molar-refractivity contribution in [3.05, 3.63) is 24.3 Å². The van der Waals surface area contributed by atoms with Crippen molar-refractivity contribution in [1.29, 1.82) is 0 Å². The van der Waals surface area contributed by atoms with Crippen LogP contribution >= 0.6 is 0 Å². The second-order valence-electron chi connectivity index (χ2n) is 3.61. The molecule has 1 aromatic carbocycles. The summed E-state index contributed by atoms with van der Waals surface area (Å²) < 4.78 is 5.01.